The van der Waals surface area contributed by atoms with Crippen molar-refractivity contribution >= 4 is 82.2 Å². The Labute approximate surface area is 447 Å². The monoisotopic (exact) mass is 979 g/mol. The van der Waals surface area contributed by atoms with E-state index >= 15 is 0 Å². The molecule has 15 aromatic rings. The highest BCUT2D eigenvalue weighted by atomic mass is 15.1. The van der Waals surface area contributed by atoms with Crippen LogP contribution in [0.4, 0.5) is 17.1 Å². The number of anilines is 3. The molecule has 0 fully saturated rings. The Kier molecular flexibility index (Phi) is 10.5. The zero-order valence-electron chi connectivity index (χ0n) is 42.1. The van der Waals surface area contributed by atoms with Crippen LogP contribution >= 0.6 is 0 Å². The summed E-state index contributed by atoms with van der Waals surface area (Å²) < 4.78 is 4.89. The summed E-state index contributed by atoms with van der Waals surface area (Å²) in [6.45, 7) is 0. The third-order valence-electron chi connectivity index (χ3n) is 15.7. The van der Waals surface area contributed by atoms with E-state index in [4.69, 9.17) is 0 Å². The van der Waals surface area contributed by atoms with Gasteiger partial charge in [-0.15, -0.1) is 0 Å². The lowest BCUT2D eigenvalue weighted by Crippen LogP contribution is -2.09. The highest BCUT2D eigenvalue weighted by Crippen LogP contribution is 2.42. The number of benzene rings is 13. The molecule has 0 atom stereocenters. The van der Waals surface area contributed by atoms with Crippen molar-refractivity contribution < 1.29 is 0 Å². The van der Waals surface area contributed by atoms with E-state index in [9.17, 15) is 0 Å². The molecular formula is C74H49N3. The molecule has 0 aliphatic heterocycles. The van der Waals surface area contributed by atoms with Crippen molar-refractivity contribution in [1.29, 1.82) is 0 Å². The molecular weight excluding hydrogens is 931 g/mol. The smallest absolute Gasteiger partial charge is 0.0541 e. The van der Waals surface area contributed by atoms with E-state index in [0.29, 0.717) is 0 Å². The maximum absolute atomic E-state index is 2.44. The van der Waals surface area contributed by atoms with Crippen molar-refractivity contribution in [3.05, 3.63) is 297 Å². The summed E-state index contributed by atoms with van der Waals surface area (Å²) >= 11 is 0. The molecule has 0 radical (unpaired) electrons. The van der Waals surface area contributed by atoms with Crippen molar-refractivity contribution in [3.63, 3.8) is 0 Å². The van der Waals surface area contributed by atoms with E-state index in [1.807, 2.05) is 0 Å². The van der Waals surface area contributed by atoms with Gasteiger partial charge in [0.05, 0.1) is 33.4 Å². The van der Waals surface area contributed by atoms with E-state index in [1.54, 1.807) is 0 Å². The highest BCUT2D eigenvalue weighted by molar-refractivity contribution is 6.13. The Morgan fingerprint density at radius 3 is 0.987 bits per heavy atom. The molecule has 0 N–H and O–H groups in total. The van der Waals surface area contributed by atoms with Crippen LogP contribution in [0.1, 0.15) is 0 Å². The van der Waals surface area contributed by atoms with Crippen molar-refractivity contribution in [2.24, 2.45) is 0 Å². The van der Waals surface area contributed by atoms with Crippen LogP contribution in [0.15, 0.2) is 297 Å². The molecule has 0 spiro atoms. The molecule has 15 rings (SSSR count). The number of rotatable bonds is 9. The molecule has 0 amide bonds. The van der Waals surface area contributed by atoms with Gasteiger partial charge in [0.1, 0.15) is 0 Å². The zero-order chi connectivity index (χ0) is 50.8. The highest BCUT2D eigenvalue weighted by Gasteiger charge is 2.19. The van der Waals surface area contributed by atoms with Gasteiger partial charge in [-0.1, -0.05) is 194 Å². The van der Waals surface area contributed by atoms with Crippen LogP contribution in [0.25, 0.3) is 121 Å². The van der Waals surface area contributed by atoms with Gasteiger partial charge in [-0.25, -0.2) is 0 Å². The van der Waals surface area contributed by atoms with Crippen molar-refractivity contribution in [2.45, 2.75) is 0 Å². The largest absolute Gasteiger partial charge is 0.311 e. The van der Waals surface area contributed by atoms with Gasteiger partial charge in [-0.3, -0.25) is 0 Å². The van der Waals surface area contributed by atoms with E-state index in [2.05, 4.69) is 311 Å². The second-order valence-electron chi connectivity index (χ2n) is 20.1. The van der Waals surface area contributed by atoms with E-state index < -0.39 is 0 Å². The molecule has 0 unspecified atom stereocenters. The molecule has 77 heavy (non-hydrogen) atoms. The number of para-hydroxylation sites is 4. The molecule has 2 heterocycles. The summed E-state index contributed by atoms with van der Waals surface area (Å²) in [6, 6.07) is 109. The minimum absolute atomic E-state index is 1.11. The van der Waals surface area contributed by atoms with Crippen molar-refractivity contribution in [3.8, 4) is 55.9 Å². The van der Waals surface area contributed by atoms with E-state index in [-0.39, 0.29) is 0 Å². The van der Waals surface area contributed by atoms with Gasteiger partial charge in [0.25, 0.3) is 0 Å². The summed E-state index contributed by atoms with van der Waals surface area (Å²) in [5.41, 5.74) is 19.8. The second-order valence-corrected chi connectivity index (χ2v) is 20.1. The second kappa shape index (κ2) is 18.3. The Bertz CT molecular complexity index is 4450. The average molecular weight is 980 g/mol. The lowest BCUT2D eigenvalue weighted by atomic mass is 9.91. The van der Waals surface area contributed by atoms with Gasteiger partial charge in [-0.05, 0) is 158 Å². The number of nitrogens with zero attached hydrogens (tertiary/aromatic N) is 3. The average Bonchev–Trinajstić information content (AvgIpc) is 4.04. The molecule has 13 aromatic carbocycles. The predicted octanol–water partition coefficient (Wildman–Crippen LogP) is 20.3. The molecule has 2 aromatic heterocycles. The molecule has 3 heteroatoms. The Balaban J connectivity index is 0.867. The van der Waals surface area contributed by atoms with Gasteiger partial charge in [0.2, 0.25) is 0 Å². The molecule has 0 aliphatic carbocycles. The van der Waals surface area contributed by atoms with Crippen molar-refractivity contribution in [2.75, 3.05) is 4.90 Å². The van der Waals surface area contributed by atoms with Gasteiger partial charge < -0.3 is 14.0 Å². The predicted molar refractivity (Wildman–Crippen MR) is 327 cm³/mol. The van der Waals surface area contributed by atoms with Crippen LogP contribution in [0.2, 0.25) is 0 Å². The van der Waals surface area contributed by atoms with Gasteiger partial charge >= 0.3 is 0 Å². The number of hydrogen-bond acceptors (Lipinski definition) is 1. The summed E-state index contributed by atoms with van der Waals surface area (Å²) in [6.07, 6.45) is 0. The third kappa shape index (κ3) is 7.59. The minimum Gasteiger partial charge on any atom is -0.311 e. The molecule has 3 nitrogen and oxygen atoms in total. The molecule has 360 valence electrons. The maximum Gasteiger partial charge on any atom is 0.0541 e. The quantitative estimate of drug-likeness (QED) is 0.140. The molecule has 0 saturated carbocycles. The lowest BCUT2D eigenvalue weighted by Gasteiger charge is -2.25. The Morgan fingerprint density at radius 2 is 0.519 bits per heavy atom. The summed E-state index contributed by atoms with van der Waals surface area (Å²) in [5.74, 6) is 0. The minimum atomic E-state index is 1.11. The van der Waals surface area contributed by atoms with Crippen LogP contribution in [-0.4, -0.2) is 9.13 Å². The summed E-state index contributed by atoms with van der Waals surface area (Å²) in [5, 5.41) is 9.85. The Hall–Kier alpha value is -10.2. The zero-order valence-corrected chi connectivity index (χ0v) is 42.1. The van der Waals surface area contributed by atoms with Crippen LogP contribution in [0.5, 0.6) is 0 Å². The first-order chi connectivity index (χ1) is 38.2. The van der Waals surface area contributed by atoms with Gasteiger partial charge in [0, 0.05) is 49.4 Å². The molecule has 0 saturated heterocycles. The first-order valence-electron chi connectivity index (χ1n) is 26.5. The topological polar surface area (TPSA) is 13.1 Å². The normalized spacial score (nSPS) is 11.6. The fourth-order valence-corrected chi connectivity index (χ4v) is 12.0. The number of aromatic nitrogens is 2. The lowest BCUT2D eigenvalue weighted by molar-refractivity contribution is 1.20. The van der Waals surface area contributed by atoms with Crippen LogP contribution in [-0.2, 0) is 0 Å². The third-order valence-corrected chi connectivity index (χ3v) is 15.7. The van der Waals surface area contributed by atoms with Crippen LogP contribution in [0.3, 0.4) is 0 Å². The fourth-order valence-electron chi connectivity index (χ4n) is 12.0. The summed E-state index contributed by atoms with van der Waals surface area (Å²) in [4.78, 5) is 2.30. The van der Waals surface area contributed by atoms with E-state index in [0.717, 1.165) is 28.2 Å². The standard InChI is InChI=1S/C74H49N3/c1-3-21-60(22-4-1)75(61-23-5-2-6-24-61)62-41-37-51(38-42-62)50-33-35-52(36-34-50)57-45-58(55-39-43-73-67(48-55)65-27-11-13-29-71(65)76(73)69-31-15-19-53-17-7-9-25-63(53)69)47-59(46-57)56-40-44-74-68(49-56)66-28-12-14-30-72(66)77(74)70-32-16-20-54-18-8-10-26-64(54)70/h1-49H. The molecule has 0 bridgehead atoms. The fraction of sp³-hybridized carbons (Fsp3) is 0. The number of fused-ring (bicyclic) bond motifs is 8. The first kappa shape index (κ1) is 44.3. The SMILES string of the molecule is c1ccc(N(c2ccccc2)c2ccc(-c3ccc(-c4cc(-c5ccc6c(c5)c5ccccc5n6-c5cccc6ccccc56)cc(-c5ccc6c(c5)c5ccccc5n6-c5cccc6ccccc56)c4)cc3)cc2)cc1. The van der Waals surface area contributed by atoms with Gasteiger partial charge in [0.15, 0.2) is 0 Å². The summed E-state index contributed by atoms with van der Waals surface area (Å²) in [7, 11) is 0. The Morgan fingerprint density at radius 1 is 0.195 bits per heavy atom. The molecule has 0 aliphatic rings. The maximum atomic E-state index is 2.44. The van der Waals surface area contributed by atoms with E-state index in [1.165, 1.54) is 110 Å². The van der Waals surface area contributed by atoms with Crippen LogP contribution in [0, 0.1) is 0 Å². The number of hydrogen-bond donors (Lipinski definition) is 0. The van der Waals surface area contributed by atoms with Crippen LogP contribution < -0.4 is 4.90 Å². The van der Waals surface area contributed by atoms with Crippen molar-refractivity contribution in [1.82, 2.24) is 9.13 Å². The first-order valence-corrected chi connectivity index (χ1v) is 26.5. The van der Waals surface area contributed by atoms with Gasteiger partial charge in [-0.2, -0.15) is 0 Å².